The second-order valence-corrected chi connectivity index (χ2v) is 11.5. The average molecular weight is 516 g/mol. The van der Waals surface area contributed by atoms with E-state index in [-0.39, 0.29) is 11.5 Å². The number of aryl methyl sites for hydroxylation is 3. The van der Waals surface area contributed by atoms with E-state index in [1.165, 1.54) is 16.6 Å². The summed E-state index contributed by atoms with van der Waals surface area (Å²) in [5.41, 5.74) is 3.69. The van der Waals surface area contributed by atoms with Crippen LogP contribution in [0.25, 0.3) is 21.7 Å². The summed E-state index contributed by atoms with van der Waals surface area (Å²) in [5.74, 6) is 0.353. The fourth-order valence-electron chi connectivity index (χ4n) is 4.77. The van der Waals surface area contributed by atoms with Crippen LogP contribution in [0.1, 0.15) is 35.8 Å². The number of carbonyl (C=O) groups is 1. The average Bonchev–Trinajstić information content (AvgIpc) is 3.46. The van der Waals surface area contributed by atoms with Crippen molar-refractivity contribution in [2.45, 2.75) is 49.9 Å². The lowest BCUT2D eigenvalue weighted by atomic mass is 9.97. The molecule has 5 aromatic rings. The first-order chi connectivity index (χ1) is 17.5. The topological polar surface area (TPSA) is 81.3 Å². The highest BCUT2D eigenvalue weighted by atomic mass is 32.2. The van der Waals surface area contributed by atoms with E-state index in [2.05, 4.69) is 15.5 Å². The second kappa shape index (κ2) is 9.22. The van der Waals surface area contributed by atoms with E-state index in [1.807, 2.05) is 72.8 Å². The summed E-state index contributed by atoms with van der Waals surface area (Å²) in [6.07, 6.45) is 4.11. The number of thiophene rings is 1. The molecule has 9 heteroatoms. The molecule has 182 valence electrons. The number of fused-ring (bicyclic) bond motifs is 5. The van der Waals surface area contributed by atoms with Crippen LogP contribution >= 0.6 is 23.1 Å². The Morgan fingerprint density at radius 2 is 1.89 bits per heavy atom. The number of benzene rings is 2. The third-order valence-corrected chi connectivity index (χ3v) is 8.86. The first kappa shape index (κ1) is 23.0. The molecule has 1 atom stereocenters. The molecule has 0 fully saturated rings. The Kier molecular flexibility index (Phi) is 5.89. The Labute approximate surface area is 216 Å². The number of aromatic nitrogens is 4. The van der Waals surface area contributed by atoms with E-state index in [9.17, 15) is 9.59 Å². The smallest absolute Gasteiger partial charge is 0.268 e. The third kappa shape index (κ3) is 3.92. The molecule has 1 N–H and O–H groups in total. The minimum absolute atomic E-state index is 0.0543. The molecule has 1 aliphatic carbocycles. The Bertz CT molecular complexity index is 1670. The second-order valence-electron chi connectivity index (χ2n) is 9.10. The number of anilines is 1. The Morgan fingerprint density at radius 1 is 1.08 bits per heavy atom. The summed E-state index contributed by atoms with van der Waals surface area (Å²) in [6.45, 7) is 3.87. The highest BCUT2D eigenvalue weighted by Crippen LogP contribution is 2.37. The first-order valence-electron chi connectivity index (χ1n) is 12.1. The largest absolute Gasteiger partial charge is 0.325 e. The molecule has 0 bridgehead atoms. The molecule has 3 heterocycles. The monoisotopic (exact) mass is 515 g/mol. The van der Waals surface area contributed by atoms with Gasteiger partial charge in [-0.1, -0.05) is 42.1 Å². The molecular formula is C27H25N5O2S2. The lowest BCUT2D eigenvalue weighted by Gasteiger charge is -2.13. The van der Waals surface area contributed by atoms with E-state index >= 15 is 0 Å². The van der Waals surface area contributed by atoms with E-state index < -0.39 is 5.25 Å². The number of carbonyl (C=O) groups excluding carboxylic acids is 1. The molecule has 0 unspecified atom stereocenters. The van der Waals surface area contributed by atoms with Crippen molar-refractivity contribution in [3.63, 3.8) is 0 Å². The van der Waals surface area contributed by atoms with Crippen LogP contribution < -0.4 is 10.9 Å². The van der Waals surface area contributed by atoms with Gasteiger partial charge in [0, 0.05) is 10.6 Å². The van der Waals surface area contributed by atoms with Crippen molar-refractivity contribution in [1.29, 1.82) is 0 Å². The molecule has 6 rings (SSSR count). The normalized spacial score (nSPS) is 14.2. The zero-order chi connectivity index (χ0) is 24.8. The molecule has 7 nitrogen and oxygen atoms in total. The van der Waals surface area contributed by atoms with Crippen LogP contribution in [-0.2, 0) is 17.6 Å². The maximum atomic E-state index is 13.9. The number of nitrogens with zero attached hydrogens (tertiary/aromatic N) is 4. The van der Waals surface area contributed by atoms with Crippen LogP contribution in [0.2, 0.25) is 0 Å². The zero-order valence-electron chi connectivity index (χ0n) is 20.0. The van der Waals surface area contributed by atoms with Gasteiger partial charge in [-0.2, -0.15) is 0 Å². The van der Waals surface area contributed by atoms with Crippen molar-refractivity contribution in [2.75, 3.05) is 5.32 Å². The lowest BCUT2D eigenvalue weighted by molar-refractivity contribution is -0.115. The zero-order valence-corrected chi connectivity index (χ0v) is 21.7. The van der Waals surface area contributed by atoms with Gasteiger partial charge in [-0.05, 0) is 74.9 Å². The summed E-state index contributed by atoms with van der Waals surface area (Å²) in [6, 6.07) is 17.3. The molecule has 36 heavy (non-hydrogen) atoms. The van der Waals surface area contributed by atoms with Gasteiger partial charge in [0.15, 0.2) is 5.16 Å². The molecule has 2 aromatic carbocycles. The Balaban J connectivity index is 1.51. The van der Waals surface area contributed by atoms with Gasteiger partial charge < -0.3 is 5.32 Å². The predicted octanol–water partition coefficient (Wildman–Crippen LogP) is 5.40. The molecular weight excluding hydrogens is 490 g/mol. The number of para-hydroxylation sites is 1. The summed E-state index contributed by atoms with van der Waals surface area (Å²) in [4.78, 5) is 29.0. The van der Waals surface area contributed by atoms with Crippen LogP contribution in [0, 0.1) is 6.92 Å². The van der Waals surface area contributed by atoms with Crippen LogP contribution in [0.5, 0.6) is 0 Å². The number of rotatable bonds is 5. The van der Waals surface area contributed by atoms with Gasteiger partial charge in [0.2, 0.25) is 11.7 Å². The lowest BCUT2D eigenvalue weighted by Crippen LogP contribution is -2.23. The van der Waals surface area contributed by atoms with Crippen LogP contribution in [0.3, 0.4) is 0 Å². The van der Waals surface area contributed by atoms with Gasteiger partial charge in [0.25, 0.3) is 5.56 Å². The molecule has 0 radical (unpaired) electrons. The van der Waals surface area contributed by atoms with Gasteiger partial charge in [0.05, 0.1) is 16.3 Å². The molecule has 1 amide bonds. The van der Waals surface area contributed by atoms with Crippen LogP contribution in [0.15, 0.2) is 64.5 Å². The Hall–Kier alpha value is -3.43. The van der Waals surface area contributed by atoms with Crippen LogP contribution in [-0.4, -0.2) is 30.3 Å². The maximum absolute atomic E-state index is 13.9. The fourth-order valence-corrected chi connectivity index (χ4v) is 7.06. The number of thioether (sulfide) groups is 1. The van der Waals surface area contributed by atoms with Crippen molar-refractivity contribution in [3.05, 3.63) is 81.0 Å². The molecule has 3 aromatic heterocycles. The van der Waals surface area contributed by atoms with Gasteiger partial charge in [-0.3, -0.25) is 9.59 Å². The van der Waals surface area contributed by atoms with Gasteiger partial charge in [-0.15, -0.1) is 21.5 Å². The van der Waals surface area contributed by atoms with Crippen molar-refractivity contribution < 1.29 is 4.79 Å². The molecule has 0 saturated carbocycles. The van der Waals surface area contributed by atoms with Gasteiger partial charge >= 0.3 is 0 Å². The molecule has 0 spiro atoms. The number of hydrogen-bond acceptors (Lipinski definition) is 6. The number of nitrogens with one attached hydrogen (secondary N) is 1. The molecule has 0 aliphatic heterocycles. The number of hydrogen-bond donors (Lipinski definition) is 1. The van der Waals surface area contributed by atoms with Crippen LogP contribution in [0.4, 0.5) is 5.69 Å². The highest BCUT2D eigenvalue weighted by Gasteiger charge is 2.27. The SMILES string of the molecule is Cc1cccc(-n2c(=O)c3c4c(sc3n3c(S[C@H](C)C(=O)Nc5ccccc5)nnc23)CCCC4)c1. The minimum Gasteiger partial charge on any atom is -0.325 e. The van der Waals surface area contributed by atoms with Crippen molar-refractivity contribution >= 4 is 50.7 Å². The van der Waals surface area contributed by atoms with Crippen molar-refractivity contribution in [1.82, 2.24) is 19.2 Å². The van der Waals surface area contributed by atoms with Crippen molar-refractivity contribution in [2.24, 2.45) is 0 Å². The molecule has 1 aliphatic rings. The van der Waals surface area contributed by atoms with E-state index in [1.54, 1.807) is 15.9 Å². The summed E-state index contributed by atoms with van der Waals surface area (Å²) in [5, 5.41) is 12.8. The van der Waals surface area contributed by atoms with E-state index in [4.69, 9.17) is 0 Å². The standard InChI is InChI=1S/C27H25N5O2S2/c1-16-9-8-12-19(15-16)31-24(34)22-20-13-6-7-14-21(20)36-25(22)32-26(31)29-30-27(32)35-17(2)23(33)28-18-10-4-3-5-11-18/h3-5,8-12,15,17H,6-7,13-14H2,1-2H3,(H,28,33)/t17-/m1/s1. The third-order valence-electron chi connectivity index (χ3n) is 6.54. The minimum atomic E-state index is -0.415. The van der Waals surface area contributed by atoms with E-state index in [0.717, 1.165) is 58.4 Å². The number of amides is 1. The summed E-state index contributed by atoms with van der Waals surface area (Å²) >= 11 is 3.01. The molecule has 0 saturated heterocycles. The quantitative estimate of drug-likeness (QED) is 0.317. The Morgan fingerprint density at radius 3 is 2.69 bits per heavy atom. The van der Waals surface area contributed by atoms with Crippen molar-refractivity contribution in [3.8, 4) is 5.69 Å². The summed E-state index contributed by atoms with van der Waals surface area (Å²) < 4.78 is 3.64. The van der Waals surface area contributed by atoms with Gasteiger partial charge in [-0.25, -0.2) is 8.97 Å². The predicted molar refractivity (Wildman–Crippen MR) is 146 cm³/mol. The van der Waals surface area contributed by atoms with E-state index in [0.29, 0.717) is 10.9 Å². The van der Waals surface area contributed by atoms with Gasteiger partial charge in [0.1, 0.15) is 4.83 Å². The highest BCUT2D eigenvalue weighted by molar-refractivity contribution is 8.00. The first-order valence-corrected chi connectivity index (χ1v) is 13.7. The maximum Gasteiger partial charge on any atom is 0.268 e. The summed E-state index contributed by atoms with van der Waals surface area (Å²) in [7, 11) is 0. The fraction of sp³-hybridized carbons (Fsp3) is 0.259.